The van der Waals surface area contributed by atoms with Gasteiger partial charge in [0.05, 0.1) is 6.54 Å². The van der Waals surface area contributed by atoms with Crippen LogP contribution < -0.4 is 27.4 Å². The monoisotopic (exact) mass is 458 g/mol. The van der Waals surface area contributed by atoms with E-state index in [-0.39, 0.29) is 37.9 Å². The number of nitrogens with two attached hydrogens (primary N) is 2. The number of carbonyl (C=O) groups is 4. The molecule has 0 aliphatic heterocycles. The molecule has 1 rings (SSSR count). The molecular formula is C18H27ClN6O6. The third-order valence-electron chi connectivity index (χ3n) is 3.63. The Morgan fingerprint density at radius 3 is 2.29 bits per heavy atom. The minimum Gasteiger partial charge on any atom is -0.480 e. The van der Waals surface area contributed by atoms with Crippen molar-refractivity contribution in [2.24, 2.45) is 16.5 Å². The van der Waals surface area contributed by atoms with Crippen molar-refractivity contribution in [1.82, 2.24) is 16.0 Å². The van der Waals surface area contributed by atoms with Crippen LogP contribution in [0.2, 0.25) is 0 Å². The van der Waals surface area contributed by atoms with Crippen molar-refractivity contribution in [3.05, 3.63) is 35.9 Å². The first-order chi connectivity index (χ1) is 14.3. The maximum absolute atomic E-state index is 11.8. The third kappa shape index (κ3) is 13.3. The molecule has 0 fully saturated rings. The van der Waals surface area contributed by atoms with Crippen molar-refractivity contribution in [1.29, 1.82) is 0 Å². The van der Waals surface area contributed by atoms with Crippen molar-refractivity contribution in [3.8, 4) is 0 Å². The number of aliphatic imine (C=N–C) groups is 1. The van der Waals surface area contributed by atoms with Crippen LogP contribution in [0.15, 0.2) is 35.3 Å². The highest BCUT2D eigenvalue weighted by Crippen LogP contribution is 2.00. The van der Waals surface area contributed by atoms with Gasteiger partial charge in [0.15, 0.2) is 5.96 Å². The fourth-order valence-corrected chi connectivity index (χ4v) is 2.17. The van der Waals surface area contributed by atoms with E-state index in [4.69, 9.17) is 21.3 Å². The van der Waals surface area contributed by atoms with Gasteiger partial charge in [-0.1, -0.05) is 30.3 Å². The predicted octanol–water partition coefficient (Wildman–Crippen LogP) is -0.926. The fourth-order valence-electron chi connectivity index (χ4n) is 2.17. The number of carbonyl (C=O) groups excluding carboxylic acids is 3. The molecule has 31 heavy (non-hydrogen) atoms. The zero-order chi connectivity index (χ0) is 22.4. The van der Waals surface area contributed by atoms with Crippen molar-refractivity contribution < 1.29 is 29.0 Å². The number of carboxylic acids is 1. The quantitative estimate of drug-likeness (QED) is 0.131. The van der Waals surface area contributed by atoms with Crippen LogP contribution in [-0.2, 0) is 25.7 Å². The van der Waals surface area contributed by atoms with E-state index in [1.54, 1.807) is 24.3 Å². The molecule has 0 aromatic heterocycles. The number of nitrogens with one attached hydrogen (secondary N) is 3. The van der Waals surface area contributed by atoms with E-state index in [2.05, 4.69) is 20.9 Å². The van der Waals surface area contributed by atoms with Crippen molar-refractivity contribution in [2.75, 3.05) is 19.6 Å². The van der Waals surface area contributed by atoms with Gasteiger partial charge in [-0.3, -0.25) is 14.6 Å². The average molecular weight is 459 g/mol. The molecule has 0 bridgehead atoms. The van der Waals surface area contributed by atoms with Crippen LogP contribution in [0, 0.1) is 0 Å². The summed E-state index contributed by atoms with van der Waals surface area (Å²) in [6.07, 6.45) is -0.331. The Morgan fingerprint density at radius 2 is 1.68 bits per heavy atom. The summed E-state index contributed by atoms with van der Waals surface area (Å²) in [5.74, 6) is -2.65. The Balaban J connectivity index is 0.00000900. The van der Waals surface area contributed by atoms with Crippen LogP contribution in [0.4, 0.5) is 4.79 Å². The first kappa shape index (κ1) is 27.5. The van der Waals surface area contributed by atoms with E-state index >= 15 is 0 Å². The molecule has 0 unspecified atom stereocenters. The van der Waals surface area contributed by atoms with Crippen LogP contribution in [-0.4, -0.2) is 60.6 Å². The molecule has 0 spiro atoms. The van der Waals surface area contributed by atoms with Gasteiger partial charge in [0.1, 0.15) is 19.2 Å². The number of benzene rings is 1. The summed E-state index contributed by atoms with van der Waals surface area (Å²) in [6, 6.07) is 7.85. The summed E-state index contributed by atoms with van der Waals surface area (Å²) in [7, 11) is 0. The number of guanidine groups is 1. The molecule has 1 atom stereocenters. The summed E-state index contributed by atoms with van der Waals surface area (Å²) in [5.41, 5.74) is 11.1. The van der Waals surface area contributed by atoms with Gasteiger partial charge in [-0.15, -0.1) is 12.4 Å². The van der Waals surface area contributed by atoms with Gasteiger partial charge in [0.2, 0.25) is 11.8 Å². The van der Waals surface area contributed by atoms with Gasteiger partial charge in [0.25, 0.3) is 0 Å². The van der Waals surface area contributed by atoms with Crippen LogP contribution in [0.3, 0.4) is 0 Å². The molecule has 172 valence electrons. The summed E-state index contributed by atoms with van der Waals surface area (Å²) in [5, 5.41) is 15.9. The zero-order valence-corrected chi connectivity index (χ0v) is 17.5. The fraction of sp³-hybridized carbons (Fsp3) is 0.389. The second-order valence-electron chi connectivity index (χ2n) is 6.10. The average Bonchev–Trinajstić information content (AvgIpc) is 2.71. The maximum atomic E-state index is 11.8. The Labute approximate surface area is 185 Å². The molecule has 13 heteroatoms. The molecule has 0 radical (unpaired) electrons. The van der Waals surface area contributed by atoms with Gasteiger partial charge in [-0.25, -0.2) is 9.59 Å². The molecule has 0 aliphatic carbocycles. The first-order valence-corrected chi connectivity index (χ1v) is 9.06. The molecular weight excluding hydrogens is 432 g/mol. The van der Waals surface area contributed by atoms with E-state index in [9.17, 15) is 19.2 Å². The van der Waals surface area contributed by atoms with Gasteiger partial charge < -0.3 is 37.3 Å². The Kier molecular flexibility index (Phi) is 13.6. The number of hydrogen-bond acceptors (Lipinski definition) is 6. The number of ether oxygens (including phenoxy) is 1. The maximum Gasteiger partial charge on any atom is 0.407 e. The number of nitrogens with zero attached hydrogens (tertiary/aromatic N) is 1. The molecule has 0 aliphatic rings. The molecule has 3 amide bonds. The third-order valence-corrected chi connectivity index (χ3v) is 3.63. The smallest absolute Gasteiger partial charge is 0.407 e. The van der Waals surface area contributed by atoms with E-state index in [0.717, 1.165) is 5.56 Å². The van der Waals surface area contributed by atoms with Crippen molar-refractivity contribution in [3.63, 3.8) is 0 Å². The molecule has 1 aromatic carbocycles. The molecule has 0 saturated carbocycles. The SMILES string of the molecule is Cl.NC(N)=NCCC[C@H](NC(=O)CNC(=O)CNC(=O)OCc1ccccc1)C(=O)O. The topological polar surface area (TPSA) is 198 Å². The predicted molar refractivity (Wildman–Crippen MR) is 114 cm³/mol. The first-order valence-electron chi connectivity index (χ1n) is 9.06. The Hall–Kier alpha value is -3.54. The van der Waals surface area contributed by atoms with E-state index in [0.29, 0.717) is 6.42 Å². The highest BCUT2D eigenvalue weighted by molar-refractivity contribution is 5.89. The van der Waals surface area contributed by atoms with E-state index in [1.165, 1.54) is 0 Å². The zero-order valence-electron chi connectivity index (χ0n) is 16.7. The lowest BCUT2D eigenvalue weighted by Crippen LogP contribution is -2.47. The number of hydrogen-bond donors (Lipinski definition) is 6. The molecule has 1 aromatic rings. The van der Waals surface area contributed by atoms with Crippen LogP contribution >= 0.6 is 12.4 Å². The number of carboxylic acid groups (broad SMARTS) is 1. The van der Waals surface area contributed by atoms with Gasteiger partial charge >= 0.3 is 12.1 Å². The summed E-state index contributed by atoms with van der Waals surface area (Å²) in [6.45, 7) is -0.569. The van der Waals surface area contributed by atoms with E-state index < -0.39 is 43.0 Å². The number of rotatable bonds is 12. The summed E-state index contributed by atoms with van der Waals surface area (Å²) < 4.78 is 4.95. The van der Waals surface area contributed by atoms with E-state index in [1.807, 2.05) is 6.07 Å². The van der Waals surface area contributed by atoms with Crippen molar-refractivity contribution in [2.45, 2.75) is 25.5 Å². The summed E-state index contributed by atoms with van der Waals surface area (Å²) in [4.78, 5) is 50.0. The lowest BCUT2D eigenvalue weighted by atomic mass is 10.1. The lowest BCUT2D eigenvalue weighted by molar-refractivity contribution is -0.141. The Morgan fingerprint density at radius 1 is 1.03 bits per heavy atom. The molecule has 8 N–H and O–H groups in total. The van der Waals surface area contributed by atoms with Crippen molar-refractivity contribution >= 4 is 42.2 Å². The lowest BCUT2D eigenvalue weighted by Gasteiger charge is -2.14. The Bertz CT molecular complexity index is 757. The standard InChI is InChI=1S/C18H26N6O6.ClH/c19-17(20)21-8-4-7-13(16(27)28)24-15(26)10-22-14(25)9-23-18(29)30-11-12-5-2-1-3-6-12;/h1-3,5-6,13H,4,7-11H2,(H,22,25)(H,23,29)(H,24,26)(H,27,28)(H4,19,20,21);1H/t13-;/m0./s1. The largest absolute Gasteiger partial charge is 0.480 e. The van der Waals surface area contributed by atoms with Gasteiger partial charge in [0, 0.05) is 6.54 Å². The molecule has 0 heterocycles. The number of aliphatic carboxylic acids is 1. The van der Waals surface area contributed by atoms with Gasteiger partial charge in [-0.2, -0.15) is 0 Å². The number of halogens is 1. The molecule has 0 saturated heterocycles. The highest BCUT2D eigenvalue weighted by Gasteiger charge is 2.19. The van der Waals surface area contributed by atoms with Crippen LogP contribution in [0.1, 0.15) is 18.4 Å². The van der Waals surface area contributed by atoms with Crippen LogP contribution in [0.25, 0.3) is 0 Å². The minimum atomic E-state index is -1.22. The normalized spacial score (nSPS) is 10.6. The second-order valence-corrected chi connectivity index (χ2v) is 6.10. The second kappa shape index (κ2) is 15.3. The molecule has 12 nitrogen and oxygen atoms in total. The highest BCUT2D eigenvalue weighted by atomic mass is 35.5. The number of amides is 3. The van der Waals surface area contributed by atoms with Gasteiger partial charge in [-0.05, 0) is 18.4 Å². The minimum absolute atomic E-state index is 0. The van der Waals surface area contributed by atoms with Crippen LogP contribution in [0.5, 0.6) is 0 Å². The number of alkyl carbamates (subject to hydrolysis) is 1. The summed E-state index contributed by atoms with van der Waals surface area (Å²) >= 11 is 0.